The Labute approximate surface area is 130 Å². The van der Waals surface area contributed by atoms with Crippen molar-refractivity contribution in [2.24, 2.45) is 0 Å². The number of carbonyl (C=O) groups is 1. The lowest BCUT2D eigenvalue weighted by Crippen LogP contribution is -2.51. The maximum Gasteiger partial charge on any atom is 0.326 e. The molecule has 1 N–H and O–H groups in total. The number of ether oxygens (including phenoxy) is 2. The molecular weight excluding hydrogens is 266 g/mol. The molecule has 0 aromatic rings. The zero-order valence-electron chi connectivity index (χ0n) is 14.2. The number of unbranched alkanes of at least 4 members (excludes halogenated alkanes) is 3. The zero-order chi connectivity index (χ0) is 15.7. The van der Waals surface area contributed by atoms with Gasteiger partial charge in [0.2, 0.25) is 0 Å². The summed E-state index contributed by atoms with van der Waals surface area (Å²) in [5.74, 6) is -0.147. The Balaban J connectivity index is 2.39. The van der Waals surface area contributed by atoms with Gasteiger partial charge in [0.1, 0.15) is 5.54 Å². The first kappa shape index (κ1) is 18.4. The van der Waals surface area contributed by atoms with Gasteiger partial charge in [-0.2, -0.15) is 0 Å². The number of hydrogen-bond acceptors (Lipinski definition) is 4. The summed E-state index contributed by atoms with van der Waals surface area (Å²) in [6.45, 7) is 7.17. The SMILES string of the molecule is CCCCCCC(C)OC1CCC(NCC)(C(=O)OC)C1. The third-order valence-corrected chi connectivity index (χ3v) is 4.45. The van der Waals surface area contributed by atoms with Gasteiger partial charge in [-0.3, -0.25) is 4.79 Å². The van der Waals surface area contributed by atoms with Gasteiger partial charge in [0.15, 0.2) is 0 Å². The zero-order valence-corrected chi connectivity index (χ0v) is 14.2. The van der Waals surface area contributed by atoms with Crippen LogP contribution in [-0.4, -0.2) is 37.4 Å². The van der Waals surface area contributed by atoms with Crippen molar-refractivity contribution in [1.29, 1.82) is 0 Å². The highest BCUT2D eigenvalue weighted by Crippen LogP contribution is 2.34. The number of nitrogens with one attached hydrogen (secondary N) is 1. The molecule has 124 valence electrons. The molecule has 1 aliphatic rings. The van der Waals surface area contributed by atoms with Crippen molar-refractivity contribution in [3.05, 3.63) is 0 Å². The highest BCUT2D eigenvalue weighted by atomic mass is 16.5. The smallest absolute Gasteiger partial charge is 0.326 e. The minimum atomic E-state index is -0.532. The van der Waals surface area contributed by atoms with Gasteiger partial charge in [-0.25, -0.2) is 0 Å². The fourth-order valence-corrected chi connectivity index (χ4v) is 3.32. The lowest BCUT2D eigenvalue weighted by atomic mass is 9.97. The molecule has 3 atom stereocenters. The maximum absolute atomic E-state index is 12.1. The molecule has 21 heavy (non-hydrogen) atoms. The van der Waals surface area contributed by atoms with Crippen LogP contribution in [0.1, 0.15) is 72.1 Å². The first-order valence-corrected chi connectivity index (χ1v) is 8.56. The second-order valence-corrected chi connectivity index (χ2v) is 6.26. The minimum Gasteiger partial charge on any atom is -0.468 e. The monoisotopic (exact) mass is 299 g/mol. The summed E-state index contributed by atoms with van der Waals surface area (Å²) in [6, 6.07) is 0. The molecule has 4 heteroatoms. The Bertz CT molecular complexity index is 308. The second-order valence-electron chi connectivity index (χ2n) is 6.26. The van der Waals surface area contributed by atoms with Gasteiger partial charge in [0, 0.05) is 6.42 Å². The molecule has 1 saturated carbocycles. The van der Waals surface area contributed by atoms with E-state index < -0.39 is 5.54 Å². The Kier molecular flexibility index (Phi) is 8.27. The molecule has 1 rings (SSSR count). The number of methoxy groups -OCH3 is 1. The topological polar surface area (TPSA) is 47.6 Å². The van der Waals surface area contributed by atoms with E-state index in [-0.39, 0.29) is 18.2 Å². The molecule has 4 nitrogen and oxygen atoms in total. The lowest BCUT2D eigenvalue weighted by molar-refractivity contribution is -0.149. The summed E-state index contributed by atoms with van der Waals surface area (Å²) in [5, 5.41) is 3.32. The van der Waals surface area contributed by atoms with E-state index in [9.17, 15) is 4.79 Å². The fourth-order valence-electron chi connectivity index (χ4n) is 3.32. The Morgan fingerprint density at radius 3 is 2.71 bits per heavy atom. The Hall–Kier alpha value is -0.610. The molecule has 0 radical (unpaired) electrons. The first-order valence-electron chi connectivity index (χ1n) is 8.56. The van der Waals surface area contributed by atoms with E-state index >= 15 is 0 Å². The van der Waals surface area contributed by atoms with E-state index in [0.717, 1.165) is 32.2 Å². The van der Waals surface area contributed by atoms with E-state index in [1.165, 1.54) is 32.8 Å². The number of likely N-dealkylation sites (N-methyl/N-ethyl adjacent to an activating group) is 1. The van der Waals surface area contributed by atoms with Crippen LogP contribution in [0.5, 0.6) is 0 Å². The molecule has 0 bridgehead atoms. The third-order valence-electron chi connectivity index (χ3n) is 4.45. The lowest BCUT2D eigenvalue weighted by Gasteiger charge is -2.27. The molecule has 1 aliphatic carbocycles. The minimum absolute atomic E-state index is 0.147. The summed E-state index contributed by atoms with van der Waals surface area (Å²) in [6.07, 6.45) is 9.13. The number of esters is 1. The van der Waals surface area contributed by atoms with Gasteiger partial charge in [0.05, 0.1) is 19.3 Å². The van der Waals surface area contributed by atoms with Gasteiger partial charge in [-0.15, -0.1) is 0 Å². The van der Waals surface area contributed by atoms with Crippen molar-refractivity contribution in [2.45, 2.75) is 89.9 Å². The van der Waals surface area contributed by atoms with Crippen LogP contribution in [0.2, 0.25) is 0 Å². The predicted octanol–water partition coefficient (Wildman–Crippen LogP) is 3.44. The fraction of sp³-hybridized carbons (Fsp3) is 0.941. The van der Waals surface area contributed by atoms with Crippen molar-refractivity contribution in [1.82, 2.24) is 5.32 Å². The average Bonchev–Trinajstić information content (AvgIpc) is 2.87. The van der Waals surface area contributed by atoms with Crippen LogP contribution < -0.4 is 5.32 Å². The number of rotatable bonds is 10. The number of hydrogen-bond donors (Lipinski definition) is 1. The number of carbonyl (C=O) groups excluding carboxylic acids is 1. The molecule has 0 heterocycles. The quantitative estimate of drug-likeness (QED) is 0.496. The molecule has 0 saturated heterocycles. The predicted molar refractivity (Wildman–Crippen MR) is 85.4 cm³/mol. The van der Waals surface area contributed by atoms with Gasteiger partial charge >= 0.3 is 5.97 Å². The van der Waals surface area contributed by atoms with Gasteiger partial charge in [-0.1, -0.05) is 39.5 Å². The first-order chi connectivity index (χ1) is 10.1. The van der Waals surface area contributed by atoms with Crippen molar-refractivity contribution in [2.75, 3.05) is 13.7 Å². The van der Waals surface area contributed by atoms with Crippen LogP contribution in [0.4, 0.5) is 0 Å². The van der Waals surface area contributed by atoms with Crippen LogP contribution in [0.3, 0.4) is 0 Å². The van der Waals surface area contributed by atoms with E-state index in [1.807, 2.05) is 6.92 Å². The largest absolute Gasteiger partial charge is 0.468 e. The van der Waals surface area contributed by atoms with Gasteiger partial charge in [-0.05, 0) is 32.7 Å². The highest BCUT2D eigenvalue weighted by molar-refractivity contribution is 5.81. The summed E-state index contributed by atoms with van der Waals surface area (Å²) >= 11 is 0. The third kappa shape index (κ3) is 5.59. The van der Waals surface area contributed by atoms with Crippen LogP contribution in [0, 0.1) is 0 Å². The van der Waals surface area contributed by atoms with Crippen molar-refractivity contribution >= 4 is 5.97 Å². The molecule has 0 amide bonds. The molecule has 0 spiro atoms. The van der Waals surface area contributed by atoms with Crippen molar-refractivity contribution < 1.29 is 14.3 Å². The normalized spacial score (nSPS) is 26.8. The molecule has 3 unspecified atom stereocenters. The Morgan fingerprint density at radius 2 is 2.10 bits per heavy atom. The van der Waals surface area contributed by atoms with Gasteiger partial charge in [0.25, 0.3) is 0 Å². The molecule has 1 fully saturated rings. The van der Waals surface area contributed by atoms with E-state index in [4.69, 9.17) is 9.47 Å². The van der Waals surface area contributed by atoms with Crippen LogP contribution in [0.15, 0.2) is 0 Å². The van der Waals surface area contributed by atoms with E-state index in [0.29, 0.717) is 0 Å². The summed E-state index contributed by atoms with van der Waals surface area (Å²) < 4.78 is 11.1. The standard InChI is InChI=1S/C17H33NO3/c1-5-7-8-9-10-14(3)21-15-11-12-17(13-15,18-6-2)16(19)20-4/h14-15,18H,5-13H2,1-4H3. The molecule has 0 aliphatic heterocycles. The van der Waals surface area contributed by atoms with E-state index in [2.05, 4.69) is 19.2 Å². The average molecular weight is 299 g/mol. The Morgan fingerprint density at radius 1 is 1.33 bits per heavy atom. The molecule has 0 aromatic carbocycles. The van der Waals surface area contributed by atoms with Crippen LogP contribution in [0.25, 0.3) is 0 Å². The van der Waals surface area contributed by atoms with Crippen LogP contribution >= 0.6 is 0 Å². The van der Waals surface area contributed by atoms with Crippen molar-refractivity contribution in [3.8, 4) is 0 Å². The van der Waals surface area contributed by atoms with Crippen molar-refractivity contribution in [3.63, 3.8) is 0 Å². The maximum atomic E-state index is 12.1. The molecular formula is C17H33NO3. The summed E-state index contributed by atoms with van der Waals surface area (Å²) in [5.41, 5.74) is -0.532. The van der Waals surface area contributed by atoms with Gasteiger partial charge < -0.3 is 14.8 Å². The summed E-state index contributed by atoms with van der Waals surface area (Å²) in [7, 11) is 1.46. The van der Waals surface area contributed by atoms with Crippen LogP contribution in [-0.2, 0) is 14.3 Å². The second kappa shape index (κ2) is 9.42. The summed E-state index contributed by atoms with van der Waals surface area (Å²) in [4.78, 5) is 12.1. The highest BCUT2D eigenvalue weighted by Gasteiger charge is 2.46. The van der Waals surface area contributed by atoms with E-state index in [1.54, 1.807) is 0 Å². The molecule has 0 aromatic heterocycles.